The number of amides is 1. The van der Waals surface area contributed by atoms with Gasteiger partial charge in [-0.3, -0.25) is 14.2 Å². The second-order valence-electron chi connectivity index (χ2n) is 9.03. The first-order valence-electron chi connectivity index (χ1n) is 11.7. The molecule has 0 atom stereocenters. The molecule has 4 rings (SSSR count). The van der Waals surface area contributed by atoms with Crippen LogP contribution in [0.5, 0.6) is 0 Å². The van der Waals surface area contributed by atoms with Crippen molar-refractivity contribution >= 4 is 28.4 Å². The summed E-state index contributed by atoms with van der Waals surface area (Å²) in [6.07, 6.45) is 1.17. The molecule has 0 aliphatic carbocycles. The quantitative estimate of drug-likeness (QED) is 0.394. The second kappa shape index (κ2) is 10.7. The molecule has 0 aliphatic heterocycles. The summed E-state index contributed by atoms with van der Waals surface area (Å²) < 4.78 is 2.76. The summed E-state index contributed by atoms with van der Waals surface area (Å²) in [7, 11) is 0. The number of carbonyl (C=O) groups excluding carboxylic acids is 1. The van der Waals surface area contributed by atoms with E-state index in [1.807, 2.05) is 12.1 Å². The molecule has 1 heterocycles. The van der Waals surface area contributed by atoms with Crippen molar-refractivity contribution in [3.8, 4) is 5.69 Å². The molecule has 35 heavy (non-hydrogen) atoms. The van der Waals surface area contributed by atoms with E-state index in [-0.39, 0.29) is 24.4 Å². The van der Waals surface area contributed by atoms with Crippen LogP contribution in [0.25, 0.3) is 16.6 Å². The smallest absolute Gasteiger partial charge is 0.336 e. The van der Waals surface area contributed by atoms with Crippen LogP contribution in [0.1, 0.15) is 31.4 Å². The van der Waals surface area contributed by atoms with Gasteiger partial charge in [-0.2, -0.15) is 0 Å². The van der Waals surface area contributed by atoms with Crippen molar-refractivity contribution in [1.82, 2.24) is 14.5 Å². The number of carbonyl (C=O) groups is 1. The number of benzene rings is 3. The van der Waals surface area contributed by atoms with Crippen LogP contribution in [0.4, 0.5) is 0 Å². The fourth-order valence-electron chi connectivity index (χ4n) is 4.03. The van der Waals surface area contributed by atoms with Crippen LogP contribution < -0.4 is 16.6 Å². The maximum Gasteiger partial charge on any atom is 0.336 e. The highest BCUT2D eigenvalue weighted by atomic mass is 35.5. The molecule has 0 fully saturated rings. The Labute approximate surface area is 208 Å². The summed E-state index contributed by atoms with van der Waals surface area (Å²) in [5.74, 6) is 0.475. The molecular weight excluding hydrogens is 462 g/mol. The van der Waals surface area contributed by atoms with Crippen molar-refractivity contribution in [2.75, 3.05) is 6.54 Å². The van der Waals surface area contributed by atoms with Crippen molar-refractivity contribution in [1.29, 1.82) is 0 Å². The first kappa shape index (κ1) is 24.5. The molecule has 7 heteroatoms. The van der Waals surface area contributed by atoms with Crippen molar-refractivity contribution < 1.29 is 4.79 Å². The first-order valence-corrected chi connectivity index (χ1v) is 12.1. The predicted octanol–water partition coefficient (Wildman–Crippen LogP) is 4.56. The molecule has 0 saturated heterocycles. The fraction of sp³-hybridized carbons (Fsp3) is 0.250. The van der Waals surface area contributed by atoms with Crippen molar-refractivity contribution in [2.24, 2.45) is 5.92 Å². The van der Waals surface area contributed by atoms with Gasteiger partial charge in [-0.25, -0.2) is 9.36 Å². The number of hydrogen-bond acceptors (Lipinski definition) is 3. The van der Waals surface area contributed by atoms with Gasteiger partial charge in [0, 0.05) is 11.6 Å². The Morgan fingerprint density at radius 2 is 1.69 bits per heavy atom. The van der Waals surface area contributed by atoms with E-state index in [0.29, 0.717) is 34.1 Å². The molecule has 3 aromatic carbocycles. The molecule has 0 unspecified atom stereocenters. The van der Waals surface area contributed by atoms with Crippen LogP contribution in [0.2, 0.25) is 5.02 Å². The Kier molecular flexibility index (Phi) is 7.51. The maximum absolute atomic E-state index is 13.6. The van der Waals surface area contributed by atoms with E-state index >= 15 is 0 Å². The molecule has 0 radical (unpaired) electrons. The lowest BCUT2D eigenvalue weighted by molar-refractivity contribution is -0.120. The number of nitrogens with one attached hydrogen (secondary N) is 1. The molecule has 1 amide bonds. The van der Waals surface area contributed by atoms with Gasteiger partial charge in [0.05, 0.1) is 29.6 Å². The maximum atomic E-state index is 13.6. The Morgan fingerprint density at radius 1 is 0.943 bits per heavy atom. The van der Waals surface area contributed by atoms with Crippen molar-refractivity contribution in [3.63, 3.8) is 0 Å². The Morgan fingerprint density at radius 3 is 2.40 bits per heavy atom. The molecular formula is C28H28ClN3O3. The summed E-state index contributed by atoms with van der Waals surface area (Å²) in [6.45, 7) is 5.15. The average Bonchev–Trinajstić information content (AvgIpc) is 2.83. The van der Waals surface area contributed by atoms with Gasteiger partial charge in [0.15, 0.2) is 0 Å². The summed E-state index contributed by atoms with van der Waals surface area (Å²) in [5, 5.41) is 3.95. The minimum atomic E-state index is -0.437. The van der Waals surface area contributed by atoms with Gasteiger partial charge < -0.3 is 5.32 Å². The van der Waals surface area contributed by atoms with E-state index < -0.39 is 5.69 Å². The van der Waals surface area contributed by atoms with Gasteiger partial charge in [-0.15, -0.1) is 0 Å². The van der Waals surface area contributed by atoms with Crippen molar-refractivity contribution in [3.05, 3.63) is 110 Å². The topological polar surface area (TPSA) is 73.1 Å². The molecule has 0 saturated carbocycles. The van der Waals surface area contributed by atoms with E-state index in [4.69, 9.17) is 11.6 Å². The Balaban J connectivity index is 1.68. The third-order valence-electron chi connectivity index (χ3n) is 5.88. The zero-order chi connectivity index (χ0) is 24.9. The van der Waals surface area contributed by atoms with E-state index in [2.05, 4.69) is 19.2 Å². The van der Waals surface area contributed by atoms with Crippen molar-refractivity contribution in [2.45, 2.75) is 33.2 Å². The molecule has 180 valence electrons. The number of nitrogens with zero attached hydrogens (tertiary/aromatic N) is 2. The second-order valence-corrected chi connectivity index (χ2v) is 9.47. The number of para-hydroxylation sites is 1. The third-order valence-corrected chi connectivity index (χ3v) is 6.12. The SMILES string of the molecule is CC(C)CCNC(=O)Cc1ccc(-n2c(=O)c3ccccc3n(Cc3cccc(Cl)c3)c2=O)cc1. The lowest BCUT2D eigenvalue weighted by Gasteiger charge is -2.15. The van der Waals surface area contributed by atoms with Gasteiger partial charge in [0.25, 0.3) is 5.56 Å². The average molecular weight is 490 g/mol. The van der Waals surface area contributed by atoms with Crippen LogP contribution in [-0.4, -0.2) is 21.6 Å². The summed E-state index contributed by atoms with van der Waals surface area (Å²) >= 11 is 6.14. The van der Waals surface area contributed by atoms with Gasteiger partial charge in [-0.1, -0.05) is 61.8 Å². The van der Waals surface area contributed by atoms with E-state index in [1.54, 1.807) is 65.2 Å². The normalized spacial score (nSPS) is 11.2. The highest BCUT2D eigenvalue weighted by Gasteiger charge is 2.15. The molecule has 4 aromatic rings. The zero-order valence-corrected chi connectivity index (χ0v) is 20.6. The monoisotopic (exact) mass is 489 g/mol. The first-order chi connectivity index (χ1) is 16.8. The molecule has 0 bridgehead atoms. The number of fused-ring (bicyclic) bond motifs is 1. The predicted molar refractivity (Wildman–Crippen MR) is 141 cm³/mol. The lowest BCUT2D eigenvalue weighted by Crippen LogP contribution is -2.39. The van der Waals surface area contributed by atoms with Crippen LogP contribution in [0, 0.1) is 5.92 Å². The van der Waals surface area contributed by atoms with Gasteiger partial charge in [-0.05, 0) is 59.9 Å². The number of hydrogen-bond donors (Lipinski definition) is 1. The highest BCUT2D eigenvalue weighted by Crippen LogP contribution is 2.15. The zero-order valence-electron chi connectivity index (χ0n) is 19.8. The van der Waals surface area contributed by atoms with E-state index in [0.717, 1.165) is 17.5 Å². The van der Waals surface area contributed by atoms with Crippen LogP contribution in [0.15, 0.2) is 82.4 Å². The summed E-state index contributed by atoms with van der Waals surface area (Å²) in [4.78, 5) is 39.1. The van der Waals surface area contributed by atoms with Crippen LogP contribution in [-0.2, 0) is 17.8 Å². The van der Waals surface area contributed by atoms with E-state index in [9.17, 15) is 14.4 Å². The minimum absolute atomic E-state index is 0.0508. The lowest BCUT2D eigenvalue weighted by atomic mass is 10.1. The largest absolute Gasteiger partial charge is 0.356 e. The van der Waals surface area contributed by atoms with Crippen LogP contribution in [0.3, 0.4) is 0 Å². The molecule has 1 aromatic heterocycles. The summed E-state index contributed by atoms with van der Waals surface area (Å²) in [6, 6.07) is 21.4. The van der Waals surface area contributed by atoms with Crippen LogP contribution >= 0.6 is 11.6 Å². The molecule has 0 aliphatic rings. The number of aromatic nitrogens is 2. The minimum Gasteiger partial charge on any atom is -0.356 e. The fourth-order valence-corrected chi connectivity index (χ4v) is 4.24. The molecule has 0 spiro atoms. The third kappa shape index (κ3) is 5.72. The van der Waals surface area contributed by atoms with Gasteiger partial charge in [0.1, 0.15) is 0 Å². The standard InChI is InChI=1S/C28H28ClN3O3/c1-19(2)14-15-30-26(33)17-20-10-12-23(13-11-20)32-27(34)24-8-3-4-9-25(24)31(28(32)35)18-21-6-5-7-22(29)16-21/h3-13,16,19H,14-15,17-18H2,1-2H3,(H,30,33). The molecule has 1 N–H and O–H groups in total. The highest BCUT2D eigenvalue weighted by molar-refractivity contribution is 6.30. The van der Waals surface area contributed by atoms with Gasteiger partial charge in [0.2, 0.25) is 5.91 Å². The number of halogens is 1. The Hall–Kier alpha value is -3.64. The molecule has 6 nitrogen and oxygen atoms in total. The summed E-state index contributed by atoms with van der Waals surface area (Å²) in [5.41, 5.74) is 1.86. The van der Waals surface area contributed by atoms with E-state index in [1.165, 1.54) is 4.57 Å². The number of rotatable bonds is 8. The Bertz CT molecular complexity index is 1470. The van der Waals surface area contributed by atoms with Gasteiger partial charge >= 0.3 is 5.69 Å².